The third-order valence-corrected chi connectivity index (χ3v) is 6.32. The van der Waals surface area contributed by atoms with Gasteiger partial charge in [0.15, 0.2) is 12.4 Å². The summed E-state index contributed by atoms with van der Waals surface area (Å²) >= 11 is 0. The van der Waals surface area contributed by atoms with E-state index in [1.165, 1.54) is 57.8 Å². The second-order valence-corrected chi connectivity index (χ2v) is 9.36. The summed E-state index contributed by atoms with van der Waals surface area (Å²) in [5.41, 5.74) is 2.74. The standard InChI is InChI=1S/C32H44O3/c1-2-3-4-5-6-7-8-9-10-11-12-13-14-15-19-22-32(34)35-27-31(33)30-25-23-29(24-26-30)28-20-17-16-18-21-28/h9-10,16-18,20-21,23-26H,2-8,11-15,19,22,27H2,1H3. The summed E-state index contributed by atoms with van der Waals surface area (Å²) in [4.78, 5) is 24.3. The van der Waals surface area contributed by atoms with E-state index in [0.717, 1.165) is 36.8 Å². The van der Waals surface area contributed by atoms with Gasteiger partial charge in [0.05, 0.1) is 0 Å². The van der Waals surface area contributed by atoms with Crippen LogP contribution in [0.3, 0.4) is 0 Å². The van der Waals surface area contributed by atoms with Gasteiger partial charge in [-0.05, 0) is 43.2 Å². The number of rotatable bonds is 19. The first kappa shape index (κ1) is 28.6. The van der Waals surface area contributed by atoms with Crippen molar-refractivity contribution in [1.29, 1.82) is 0 Å². The zero-order valence-corrected chi connectivity index (χ0v) is 21.7. The predicted octanol–water partition coefficient (Wildman–Crippen LogP) is 9.12. The van der Waals surface area contributed by atoms with Crippen LogP contribution in [0.5, 0.6) is 0 Å². The minimum atomic E-state index is -0.281. The molecule has 2 aromatic rings. The zero-order chi connectivity index (χ0) is 25.0. The molecule has 0 aromatic heterocycles. The number of ketones is 1. The van der Waals surface area contributed by atoms with E-state index in [1.54, 1.807) is 12.1 Å². The van der Waals surface area contributed by atoms with Crippen molar-refractivity contribution in [2.24, 2.45) is 0 Å². The minimum absolute atomic E-state index is 0.164. The summed E-state index contributed by atoms with van der Waals surface area (Å²) in [6, 6.07) is 17.5. The number of benzene rings is 2. The zero-order valence-electron chi connectivity index (χ0n) is 21.7. The molecule has 0 atom stereocenters. The van der Waals surface area contributed by atoms with Crippen LogP contribution in [0.4, 0.5) is 0 Å². The van der Waals surface area contributed by atoms with Gasteiger partial charge in [-0.2, -0.15) is 0 Å². The lowest BCUT2D eigenvalue weighted by molar-refractivity contribution is -0.142. The first-order chi connectivity index (χ1) is 17.2. The molecule has 3 heteroatoms. The van der Waals surface area contributed by atoms with Gasteiger partial charge in [-0.3, -0.25) is 9.59 Å². The Morgan fingerprint density at radius 2 is 1.20 bits per heavy atom. The Morgan fingerprint density at radius 3 is 1.83 bits per heavy atom. The molecular formula is C32H44O3. The first-order valence-corrected chi connectivity index (χ1v) is 13.7. The smallest absolute Gasteiger partial charge is 0.306 e. The molecule has 0 spiro atoms. The van der Waals surface area contributed by atoms with Crippen LogP contribution in [0.25, 0.3) is 11.1 Å². The van der Waals surface area contributed by atoms with E-state index in [9.17, 15) is 9.59 Å². The van der Waals surface area contributed by atoms with Crippen LogP contribution in [-0.2, 0) is 9.53 Å². The fourth-order valence-corrected chi connectivity index (χ4v) is 4.12. The van der Waals surface area contributed by atoms with Gasteiger partial charge >= 0.3 is 5.97 Å². The summed E-state index contributed by atoms with van der Waals surface area (Å²) in [6.07, 6.45) is 21.0. The second kappa shape index (κ2) is 18.6. The first-order valence-electron chi connectivity index (χ1n) is 13.7. The molecule has 0 aliphatic rings. The predicted molar refractivity (Wildman–Crippen MR) is 147 cm³/mol. The molecule has 190 valence electrons. The highest BCUT2D eigenvalue weighted by atomic mass is 16.5. The minimum Gasteiger partial charge on any atom is -0.457 e. The van der Waals surface area contributed by atoms with Gasteiger partial charge in [0, 0.05) is 12.0 Å². The Kier molecular flexibility index (Phi) is 15.2. The third kappa shape index (κ3) is 13.1. The number of hydrogen-bond donors (Lipinski definition) is 0. The molecule has 0 unspecified atom stereocenters. The van der Waals surface area contributed by atoms with Crippen LogP contribution in [0.15, 0.2) is 66.7 Å². The summed E-state index contributed by atoms with van der Waals surface area (Å²) in [7, 11) is 0. The number of allylic oxidation sites excluding steroid dienone is 2. The Hall–Kier alpha value is -2.68. The molecule has 35 heavy (non-hydrogen) atoms. The largest absolute Gasteiger partial charge is 0.457 e. The fourth-order valence-electron chi connectivity index (χ4n) is 4.12. The quantitative estimate of drug-likeness (QED) is 0.0878. The molecule has 0 amide bonds. The normalized spacial score (nSPS) is 11.1. The van der Waals surface area contributed by atoms with Crippen molar-refractivity contribution in [3.8, 4) is 11.1 Å². The number of hydrogen-bond acceptors (Lipinski definition) is 3. The number of ether oxygens (including phenoxy) is 1. The molecule has 0 heterocycles. The van der Waals surface area contributed by atoms with E-state index in [0.29, 0.717) is 12.0 Å². The van der Waals surface area contributed by atoms with Crippen LogP contribution >= 0.6 is 0 Å². The molecule has 0 aliphatic carbocycles. The number of unbranched alkanes of at least 4 members (excludes halogenated alkanes) is 11. The lowest BCUT2D eigenvalue weighted by Gasteiger charge is -2.06. The molecule has 0 bridgehead atoms. The van der Waals surface area contributed by atoms with E-state index in [1.807, 2.05) is 42.5 Å². The van der Waals surface area contributed by atoms with Gasteiger partial charge in [0.2, 0.25) is 0 Å². The van der Waals surface area contributed by atoms with Crippen LogP contribution in [0, 0.1) is 0 Å². The van der Waals surface area contributed by atoms with Gasteiger partial charge < -0.3 is 4.74 Å². The number of carbonyl (C=O) groups is 2. The van der Waals surface area contributed by atoms with E-state index >= 15 is 0 Å². The summed E-state index contributed by atoms with van der Waals surface area (Å²) in [5.74, 6) is -0.445. The molecular weight excluding hydrogens is 432 g/mol. The van der Waals surface area contributed by atoms with Gasteiger partial charge in [0.1, 0.15) is 0 Å². The highest BCUT2D eigenvalue weighted by molar-refractivity contribution is 5.98. The number of Topliss-reactive ketones (excluding diaryl/α,β-unsaturated/α-hetero) is 1. The van der Waals surface area contributed by atoms with Crippen LogP contribution in [-0.4, -0.2) is 18.4 Å². The van der Waals surface area contributed by atoms with E-state index in [-0.39, 0.29) is 18.4 Å². The number of carbonyl (C=O) groups excluding carboxylic acids is 2. The second-order valence-electron chi connectivity index (χ2n) is 9.36. The maximum absolute atomic E-state index is 12.3. The van der Waals surface area contributed by atoms with Crippen molar-refractivity contribution in [2.75, 3.05) is 6.61 Å². The summed E-state index contributed by atoms with van der Waals surface area (Å²) in [5, 5.41) is 0. The van der Waals surface area contributed by atoms with Crippen LogP contribution < -0.4 is 0 Å². The topological polar surface area (TPSA) is 43.4 Å². The molecule has 0 saturated heterocycles. The Bertz CT molecular complexity index is 852. The monoisotopic (exact) mass is 476 g/mol. The van der Waals surface area contributed by atoms with Crippen molar-refractivity contribution in [3.05, 3.63) is 72.3 Å². The van der Waals surface area contributed by atoms with Gasteiger partial charge in [-0.25, -0.2) is 0 Å². The van der Waals surface area contributed by atoms with Crippen LogP contribution in [0.2, 0.25) is 0 Å². The third-order valence-electron chi connectivity index (χ3n) is 6.32. The molecule has 2 rings (SSSR count). The van der Waals surface area contributed by atoms with E-state index in [4.69, 9.17) is 4.74 Å². The number of esters is 1. The van der Waals surface area contributed by atoms with Crippen molar-refractivity contribution < 1.29 is 14.3 Å². The van der Waals surface area contributed by atoms with Crippen LogP contribution in [0.1, 0.15) is 107 Å². The van der Waals surface area contributed by atoms with E-state index < -0.39 is 0 Å². The lowest BCUT2D eigenvalue weighted by Crippen LogP contribution is -2.13. The van der Waals surface area contributed by atoms with E-state index in [2.05, 4.69) is 19.1 Å². The molecule has 0 fully saturated rings. The lowest BCUT2D eigenvalue weighted by atomic mass is 10.0. The SMILES string of the molecule is CCCCCCCCC=CCCCCCCCC(=O)OCC(=O)c1ccc(-c2ccccc2)cc1. The van der Waals surface area contributed by atoms with Gasteiger partial charge in [-0.1, -0.05) is 125 Å². The Balaban J connectivity index is 1.45. The Morgan fingerprint density at radius 1 is 0.657 bits per heavy atom. The molecule has 0 saturated carbocycles. The van der Waals surface area contributed by atoms with Crippen molar-refractivity contribution in [2.45, 2.75) is 96.8 Å². The Labute approximate surface area is 213 Å². The fraction of sp³-hybridized carbons (Fsp3) is 0.500. The van der Waals surface area contributed by atoms with Crippen molar-refractivity contribution >= 4 is 11.8 Å². The highest BCUT2D eigenvalue weighted by Gasteiger charge is 2.10. The molecule has 0 aliphatic heterocycles. The summed E-state index contributed by atoms with van der Waals surface area (Å²) < 4.78 is 5.19. The maximum atomic E-state index is 12.3. The average molecular weight is 477 g/mol. The van der Waals surface area contributed by atoms with Gasteiger partial charge in [0.25, 0.3) is 0 Å². The molecule has 2 aromatic carbocycles. The average Bonchev–Trinajstić information content (AvgIpc) is 2.90. The molecule has 0 radical (unpaired) electrons. The molecule has 0 N–H and O–H groups in total. The van der Waals surface area contributed by atoms with Crippen molar-refractivity contribution in [1.82, 2.24) is 0 Å². The maximum Gasteiger partial charge on any atom is 0.306 e. The van der Waals surface area contributed by atoms with Gasteiger partial charge in [-0.15, -0.1) is 0 Å². The molecule has 3 nitrogen and oxygen atoms in total. The summed E-state index contributed by atoms with van der Waals surface area (Å²) in [6.45, 7) is 2.07. The highest BCUT2D eigenvalue weighted by Crippen LogP contribution is 2.19. The van der Waals surface area contributed by atoms with Crippen molar-refractivity contribution in [3.63, 3.8) is 0 Å².